The SMILES string of the molecule is Fc1ccc2c(CN3CCN(Cc4ncccc4F)CC3)noc2c1. The maximum Gasteiger partial charge on any atom is 0.170 e. The van der Waals surface area contributed by atoms with Crippen LogP contribution in [0, 0.1) is 11.6 Å². The summed E-state index contributed by atoms with van der Waals surface area (Å²) in [5, 5.41) is 4.92. The molecule has 130 valence electrons. The fourth-order valence-electron chi connectivity index (χ4n) is 3.14. The van der Waals surface area contributed by atoms with E-state index in [9.17, 15) is 8.78 Å². The van der Waals surface area contributed by atoms with Crippen LogP contribution in [0.2, 0.25) is 0 Å². The molecule has 25 heavy (non-hydrogen) atoms. The van der Waals surface area contributed by atoms with Gasteiger partial charge in [0, 0.05) is 56.9 Å². The van der Waals surface area contributed by atoms with Gasteiger partial charge in [-0.2, -0.15) is 0 Å². The van der Waals surface area contributed by atoms with Crippen molar-refractivity contribution in [1.82, 2.24) is 19.9 Å². The molecular weight excluding hydrogens is 326 g/mol. The zero-order chi connectivity index (χ0) is 17.2. The lowest BCUT2D eigenvalue weighted by molar-refractivity contribution is 0.118. The van der Waals surface area contributed by atoms with E-state index in [2.05, 4.69) is 19.9 Å². The Balaban J connectivity index is 1.36. The summed E-state index contributed by atoms with van der Waals surface area (Å²) in [6.07, 6.45) is 1.62. The number of pyridine rings is 1. The molecule has 1 fully saturated rings. The minimum absolute atomic E-state index is 0.258. The van der Waals surface area contributed by atoms with Crippen LogP contribution in [0.4, 0.5) is 8.78 Å². The fourth-order valence-corrected chi connectivity index (χ4v) is 3.14. The number of piperazine rings is 1. The van der Waals surface area contributed by atoms with Gasteiger partial charge in [0.05, 0.1) is 5.69 Å². The van der Waals surface area contributed by atoms with E-state index in [-0.39, 0.29) is 11.6 Å². The van der Waals surface area contributed by atoms with E-state index in [1.54, 1.807) is 18.3 Å². The number of aromatic nitrogens is 2. The number of benzene rings is 1. The Hall–Kier alpha value is -2.38. The minimum Gasteiger partial charge on any atom is -0.356 e. The van der Waals surface area contributed by atoms with Crippen LogP contribution in [0.5, 0.6) is 0 Å². The number of fused-ring (bicyclic) bond motifs is 1. The monoisotopic (exact) mass is 344 g/mol. The van der Waals surface area contributed by atoms with Crippen molar-refractivity contribution in [2.24, 2.45) is 0 Å². The summed E-state index contributed by atoms with van der Waals surface area (Å²) in [4.78, 5) is 8.57. The number of halogens is 2. The topological polar surface area (TPSA) is 45.4 Å². The second kappa shape index (κ2) is 6.85. The van der Waals surface area contributed by atoms with Crippen molar-refractivity contribution in [2.45, 2.75) is 13.1 Å². The third-order valence-electron chi connectivity index (χ3n) is 4.56. The van der Waals surface area contributed by atoms with Gasteiger partial charge in [-0.15, -0.1) is 0 Å². The van der Waals surface area contributed by atoms with Crippen LogP contribution < -0.4 is 0 Å². The molecule has 0 amide bonds. The van der Waals surface area contributed by atoms with E-state index in [1.807, 2.05) is 0 Å². The molecule has 2 aromatic heterocycles. The first kappa shape index (κ1) is 16.1. The summed E-state index contributed by atoms with van der Waals surface area (Å²) in [5.74, 6) is -0.586. The van der Waals surface area contributed by atoms with Gasteiger partial charge >= 0.3 is 0 Å². The molecule has 0 N–H and O–H groups in total. The summed E-state index contributed by atoms with van der Waals surface area (Å²) in [5.41, 5.74) is 1.78. The molecule has 3 aromatic rings. The van der Waals surface area contributed by atoms with E-state index in [0.717, 1.165) is 37.3 Å². The van der Waals surface area contributed by atoms with Gasteiger partial charge < -0.3 is 4.52 Å². The molecule has 0 bridgehead atoms. The van der Waals surface area contributed by atoms with Gasteiger partial charge in [0.25, 0.3) is 0 Å². The van der Waals surface area contributed by atoms with Crippen molar-refractivity contribution in [3.63, 3.8) is 0 Å². The molecule has 1 aliphatic heterocycles. The van der Waals surface area contributed by atoms with Crippen LogP contribution >= 0.6 is 0 Å². The highest BCUT2D eigenvalue weighted by atomic mass is 19.1. The number of hydrogen-bond acceptors (Lipinski definition) is 5. The van der Waals surface area contributed by atoms with Crippen LogP contribution in [-0.2, 0) is 13.1 Å². The lowest BCUT2D eigenvalue weighted by Gasteiger charge is -2.34. The first-order chi connectivity index (χ1) is 12.2. The molecule has 7 heteroatoms. The number of hydrogen-bond donors (Lipinski definition) is 0. The van der Waals surface area contributed by atoms with Crippen molar-refractivity contribution < 1.29 is 13.3 Å². The zero-order valence-corrected chi connectivity index (χ0v) is 13.7. The fraction of sp³-hybridized carbons (Fsp3) is 0.333. The Bertz CT molecular complexity index is 874. The Kier molecular flexibility index (Phi) is 4.42. The average molecular weight is 344 g/mol. The lowest BCUT2D eigenvalue weighted by Crippen LogP contribution is -2.45. The molecule has 1 saturated heterocycles. The molecule has 5 nitrogen and oxygen atoms in total. The summed E-state index contributed by atoms with van der Waals surface area (Å²) in [6, 6.07) is 7.52. The van der Waals surface area contributed by atoms with Crippen LogP contribution in [0.15, 0.2) is 41.1 Å². The van der Waals surface area contributed by atoms with Crippen LogP contribution in [0.25, 0.3) is 11.0 Å². The molecule has 4 rings (SSSR count). The van der Waals surface area contributed by atoms with E-state index < -0.39 is 0 Å². The highest BCUT2D eigenvalue weighted by Gasteiger charge is 2.20. The Morgan fingerprint density at radius 2 is 1.68 bits per heavy atom. The summed E-state index contributed by atoms with van der Waals surface area (Å²) in [6.45, 7) is 4.55. The standard InChI is InChI=1S/C18H18F2N4O/c19-13-3-4-14-16(22-25-18(14)10-13)11-23-6-8-24(9-7-23)12-17-15(20)2-1-5-21-17/h1-5,10H,6-9,11-12H2. The lowest BCUT2D eigenvalue weighted by atomic mass is 10.2. The Morgan fingerprint density at radius 1 is 0.960 bits per heavy atom. The van der Waals surface area contributed by atoms with E-state index in [1.165, 1.54) is 18.2 Å². The molecule has 0 radical (unpaired) electrons. The van der Waals surface area contributed by atoms with Gasteiger partial charge in [-0.3, -0.25) is 14.8 Å². The second-order valence-corrected chi connectivity index (χ2v) is 6.25. The van der Waals surface area contributed by atoms with Gasteiger partial charge in [-0.1, -0.05) is 5.16 Å². The Labute approximate surface area is 143 Å². The molecule has 0 spiro atoms. The van der Waals surface area contributed by atoms with Gasteiger partial charge in [-0.25, -0.2) is 8.78 Å². The molecule has 0 unspecified atom stereocenters. The second-order valence-electron chi connectivity index (χ2n) is 6.25. The summed E-state index contributed by atoms with van der Waals surface area (Å²) in [7, 11) is 0. The van der Waals surface area contributed by atoms with Crippen molar-refractivity contribution in [3.8, 4) is 0 Å². The largest absolute Gasteiger partial charge is 0.356 e. The minimum atomic E-state index is -0.328. The predicted octanol–water partition coefficient (Wildman–Crippen LogP) is 2.82. The van der Waals surface area contributed by atoms with Gasteiger partial charge in [-0.05, 0) is 24.3 Å². The van der Waals surface area contributed by atoms with Crippen LogP contribution in [0.1, 0.15) is 11.4 Å². The van der Waals surface area contributed by atoms with E-state index in [0.29, 0.717) is 24.4 Å². The maximum absolute atomic E-state index is 13.7. The van der Waals surface area contributed by atoms with Gasteiger partial charge in [0.15, 0.2) is 5.58 Å². The van der Waals surface area contributed by atoms with Crippen molar-refractivity contribution in [2.75, 3.05) is 26.2 Å². The first-order valence-electron chi connectivity index (χ1n) is 8.27. The number of rotatable bonds is 4. The smallest absolute Gasteiger partial charge is 0.170 e. The predicted molar refractivity (Wildman–Crippen MR) is 88.7 cm³/mol. The highest BCUT2D eigenvalue weighted by molar-refractivity contribution is 5.79. The molecule has 3 heterocycles. The molecule has 0 aliphatic carbocycles. The first-order valence-corrected chi connectivity index (χ1v) is 8.27. The van der Waals surface area contributed by atoms with Gasteiger partial charge in [0.1, 0.15) is 17.3 Å². The summed E-state index contributed by atoms with van der Waals surface area (Å²) < 4.78 is 32.1. The number of nitrogens with zero attached hydrogens (tertiary/aromatic N) is 4. The van der Waals surface area contributed by atoms with E-state index in [4.69, 9.17) is 4.52 Å². The summed E-state index contributed by atoms with van der Waals surface area (Å²) >= 11 is 0. The normalized spacial score (nSPS) is 16.6. The quantitative estimate of drug-likeness (QED) is 0.728. The molecule has 1 aromatic carbocycles. The van der Waals surface area contributed by atoms with Gasteiger partial charge in [0.2, 0.25) is 0 Å². The molecule has 0 atom stereocenters. The molecule has 0 saturated carbocycles. The van der Waals surface area contributed by atoms with Crippen LogP contribution in [-0.4, -0.2) is 46.1 Å². The van der Waals surface area contributed by atoms with Crippen LogP contribution in [0.3, 0.4) is 0 Å². The highest BCUT2D eigenvalue weighted by Crippen LogP contribution is 2.21. The average Bonchev–Trinajstić information content (AvgIpc) is 3.00. The zero-order valence-electron chi connectivity index (χ0n) is 13.7. The molecule has 1 aliphatic rings. The Morgan fingerprint density at radius 3 is 2.40 bits per heavy atom. The van der Waals surface area contributed by atoms with Crippen molar-refractivity contribution >= 4 is 11.0 Å². The third-order valence-corrected chi connectivity index (χ3v) is 4.56. The van der Waals surface area contributed by atoms with E-state index >= 15 is 0 Å². The third kappa shape index (κ3) is 3.52. The van der Waals surface area contributed by atoms with Crippen molar-refractivity contribution in [3.05, 3.63) is 59.6 Å². The molecular formula is C18H18F2N4O. The maximum atomic E-state index is 13.7. The van der Waals surface area contributed by atoms with Crippen molar-refractivity contribution in [1.29, 1.82) is 0 Å².